The molecule has 2 aromatic rings. The number of urea groups is 1. The second-order valence-corrected chi connectivity index (χ2v) is 4.24. The fourth-order valence-electron chi connectivity index (χ4n) is 1.56. The zero-order chi connectivity index (χ0) is 15.8. The maximum atomic E-state index is 11.5. The van der Waals surface area contributed by atoms with Gasteiger partial charge in [-0.3, -0.25) is 10.1 Å². The molecule has 2 rings (SSSR count). The lowest BCUT2D eigenvalue weighted by molar-refractivity contribution is -0.122. The minimum Gasteiger partial charge on any atom is -0.484 e. The Bertz CT molecular complexity index is 672. The van der Waals surface area contributed by atoms with Crippen LogP contribution in [0.3, 0.4) is 0 Å². The quantitative estimate of drug-likeness (QED) is 0.871. The Balaban J connectivity index is 1.70. The van der Waals surface area contributed by atoms with Crippen molar-refractivity contribution in [3.05, 3.63) is 54.0 Å². The minimum atomic E-state index is -0.634. The molecule has 0 bridgehead atoms. The molecule has 1 heterocycles. The van der Waals surface area contributed by atoms with Crippen LogP contribution in [0.5, 0.6) is 5.75 Å². The number of carbonyl (C=O) groups is 2. The van der Waals surface area contributed by atoms with E-state index in [0.717, 1.165) is 0 Å². The van der Waals surface area contributed by atoms with Crippen LogP contribution in [0.25, 0.3) is 0 Å². The second-order valence-electron chi connectivity index (χ2n) is 4.24. The van der Waals surface area contributed by atoms with Gasteiger partial charge in [-0.1, -0.05) is 0 Å². The van der Waals surface area contributed by atoms with Crippen LogP contribution in [0.4, 0.5) is 4.79 Å². The lowest BCUT2D eigenvalue weighted by Gasteiger charge is -2.07. The summed E-state index contributed by atoms with van der Waals surface area (Å²) in [5.74, 6) is 0.433. The van der Waals surface area contributed by atoms with Gasteiger partial charge in [-0.2, -0.15) is 5.26 Å². The molecule has 1 aromatic carbocycles. The number of nitriles is 1. The molecule has 112 valence electrons. The molecular formula is C15H13N3O4. The van der Waals surface area contributed by atoms with E-state index in [2.05, 4.69) is 10.6 Å². The fourth-order valence-corrected chi connectivity index (χ4v) is 1.56. The summed E-state index contributed by atoms with van der Waals surface area (Å²) in [5, 5.41) is 13.3. The van der Waals surface area contributed by atoms with Crippen LogP contribution >= 0.6 is 0 Å². The van der Waals surface area contributed by atoms with Crippen LogP contribution in [0.2, 0.25) is 0 Å². The Morgan fingerprint density at radius 2 is 2.00 bits per heavy atom. The molecule has 7 heteroatoms. The first-order valence-corrected chi connectivity index (χ1v) is 6.40. The van der Waals surface area contributed by atoms with Gasteiger partial charge in [0.1, 0.15) is 11.5 Å². The van der Waals surface area contributed by atoms with Crippen molar-refractivity contribution in [2.75, 3.05) is 6.61 Å². The molecule has 0 aliphatic rings. The summed E-state index contributed by atoms with van der Waals surface area (Å²) >= 11 is 0. The van der Waals surface area contributed by atoms with E-state index in [0.29, 0.717) is 17.1 Å². The molecule has 2 N–H and O–H groups in total. The lowest BCUT2D eigenvalue weighted by Crippen LogP contribution is -2.41. The zero-order valence-corrected chi connectivity index (χ0v) is 11.5. The Labute approximate surface area is 126 Å². The minimum absolute atomic E-state index is 0.183. The molecule has 0 aliphatic heterocycles. The fraction of sp³-hybridized carbons (Fsp3) is 0.133. The SMILES string of the molecule is N#Cc1ccc(OCC(=O)NC(=O)NCc2ccco2)cc1. The zero-order valence-electron chi connectivity index (χ0n) is 11.5. The molecule has 0 atom stereocenters. The van der Waals surface area contributed by atoms with Gasteiger partial charge in [0.15, 0.2) is 6.61 Å². The van der Waals surface area contributed by atoms with Gasteiger partial charge >= 0.3 is 6.03 Å². The summed E-state index contributed by atoms with van der Waals surface area (Å²) in [6.07, 6.45) is 1.49. The highest BCUT2D eigenvalue weighted by atomic mass is 16.5. The molecular weight excluding hydrogens is 286 g/mol. The average molecular weight is 299 g/mol. The number of ether oxygens (including phenoxy) is 1. The highest BCUT2D eigenvalue weighted by Crippen LogP contribution is 2.11. The van der Waals surface area contributed by atoms with Crippen molar-refractivity contribution in [2.24, 2.45) is 0 Å². The van der Waals surface area contributed by atoms with Gasteiger partial charge in [-0.15, -0.1) is 0 Å². The van der Waals surface area contributed by atoms with Crippen LogP contribution in [0.15, 0.2) is 47.1 Å². The summed E-state index contributed by atoms with van der Waals surface area (Å²) in [6.45, 7) is -0.122. The number of nitrogens with one attached hydrogen (secondary N) is 2. The van der Waals surface area contributed by atoms with Crippen molar-refractivity contribution in [1.29, 1.82) is 5.26 Å². The molecule has 0 saturated carbocycles. The Hall–Kier alpha value is -3.27. The van der Waals surface area contributed by atoms with Crippen molar-refractivity contribution in [3.63, 3.8) is 0 Å². The molecule has 1 aromatic heterocycles. The van der Waals surface area contributed by atoms with E-state index in [1.807, 2.05) is 6.07 Å². The van der Waals surface area contributed by atoms with Crippen LogP contribution in [0, 0.1) is 11.3 Å². The third-order valence-corrected chi connectivity index (χ3v) is 2.61. The summed E-state index contributed by atoms with van der Waals surface area (Å²) in [7, 11) is 0. The molecule has 0 aliphatic carbocycles. The van der Waals surface area contributed by atoms with Gasteiger partial charge < -0.3 is 14.5 Å². The van der Waals surface area contributed by atoms with Gasteiger partial charge in [0.25, 0.3) is 5.91 Å². The highest BCUT2D eigenvalue weighted by Gasteiger charge is 2.08. The van der Waals surface area contributed by atoms with E-state index in [9.17, 15) is 9.59 Å². The molecule has 7 nitrogen and oxygen atoms in total. The van der Waals surface area contributed by atoms with Crippen molar-refractivity contribution < 1.29 is 18.7 Å². The van der Waals surface area contributed by atoms with Crippen molar-refractivity contribution in [3.8, 4) is 11.8 Å². The smallest absolute Gasteiger partial charge is 0.321 e. The lowest BCUT2D eigenvalue weighted by atomic mass is 10.2. The standard InChI is InChI=1S/C15H13N3O4/c16-8-11-3-5-12(6-4-11)22-10-14(19)18-15(20)17-9-13-2-1-7-21-13/h1-7H,9-10H2,(H2,17,18,19,20). The van der Waals surface area contributed by atoms with E-state index in [-0.39, 0.29) is 13.2 Å². The van der Waals surface area contributed by atoms with E-state index >= 15 is 0 Å². The number of furan rings is 1. The molecule has 0 spiro atoms. The van der Waals surface area contributed by atoms with E-state index < -0.39 is 11.9 Å². The van der Waals surface area contributed by atoms with Crippen molar-refractivity contribution >= 4 is 11.9 Å². The third kappa shape index (κ3) is 4.68. The van der Waals surface area contributed by atoms with Crippen molar-refractivity contribution in [1.82, 2.24) is 10.6 Å². The van der Waals surface area contributed by atoms with Crippen LogP contribution in [0.1, 0.15) is 11.3 Å². The summed E-state index contributed by atoms with van der Waals surface area (Å²) in [5.41, 5.74) is 0.495. The van der Waals surface area contributed by atoms with Crippen molar-refractivity contribution in [2.45, 2.75) is 6.54 Å². The molecule has 0 unspecified atom stereocenters. The predicted molar refractivity (Wildman–Crippen MR) is 75.7 cm³/mol. The first-order valence-electron chi connectivity index (χ1n) is 6.40. The first kappa shape index (κ1) is 15.1. The maximum absolute atomic E-state index is 11.5. The van der Waals surface area contributed by atoms with Gasteiger partial charge in [-0.25, -0.2) is 4.79 Å². The normalized spacial score (nSPS) is 9.59. The Morgan fingerprint density at radius 3 is 2.64 bits per heavy atom. The number of amides is 3. The number of hydrogen-bond donors (Lipinski definition) is 2. The van der Waals surface area contributed by atoms with E-state index in [1.54, 1.807) is 36.4 Å². The molecule has 3 amide bonds. The van der Waals surface area contributed by atoms with Crippen LogP contribution < -0.4 is 15.4 Å². The number of benzene rings is 1. The second kappa shape index (κ2) is 7.50. The number of carbonyl (C=O) groups excluding carboxylic acids is 2. The summed E-state index contributed by atoms with van der Waals surface area (Å²) in [6, 6.07) is 11.0. The van der Waals surface area contributed by atoms with Crippen LogP contribution in [-0.2, 0) is 11.3 Å². The van der Waals surface area contributed by atoms with Gasteiger partial charge in [0, 0.05) is 0 Å². The average Bonchev–Trinajstić information content (AvgIpc) is 3.05. The highest BCUT2D eigenvalue weighted by molar-refractivity contribution is 5.94. The van der Waals surface area contributed by atoms with E-state index in [1.165, 1.54) is 6.26 Å². The first-order chi connectivity index (χ1) is 10.7. The Kier molecular flexibility index (Phi) is 5.15. The molecule has 0 saturated heterocycles. The van der Waals surface area contributed by atoms with Gasteiger partial charge in [-0.05, 0) is 36.4 Å². The number of hydrogen-bond acceptors (Lipinski definition) is 5. The third-order valence-electron chi connectivity index (χ3n) is 2.61. The summed E-state index contributed by atoms with van der Waals surface area (Å²) in [4.78, 5) is 23.0. The van der Waals surface area contributed by atoms with E-state index in [4.69, 9.17) is 14.4 Å². The number of nitrogens with zero attached hydrogens (tertiary/aromatic N) is 1. The topological polar surface area (TPSA) is 104 Å². The predicted octanol–water partition coefficient (Wildman–Crippen LogP) is 1.56. The molecule has 0 fully saturated rings. The maximum Gasteiger partial charge on any atom is 0.321 e. The number of rotatable bonds is 5. The monoisotopic (exact) mass is 299 g/mol. The van der Waals surface area contributed by atoms with Crippen LogP contribution in [-0.4, -0.2) is 18.5 Å². The number of imide groups is 1. The van der Waals surface area contributed by atoms with Gasteiger partial charge in [0.05, 0.1) is 24.4 Å². The molecule has 22 heavy (non-hydrogen) atoms. The summed E-state index contributed by atoms with van der Waals surface area (Å²) < 4.78 is 10.2. The van der Waals surface area contributed by atoms with Gasteiger partial charge in [0.2, 0.25) is 0 Å². The largest absolute Gasteiger partial charge is 0.484 e. The Morgan fingerprint density at radius 1 is 1.23 bits per heavy atom. The molecule has 0 radical (unpaired) electrons.